The van der Waals surface area contributed by atoms with Crippen molar-refractivity contribution >= 4 is 5.91 Å². The van der Waals surface area contributed by atoms with E-state index < -0.39 is 0 Å². The number of benzene rings is 1. The summed E-state index contributed by atoms with van der Waals surface area (Å²) in [6.07, 6.45) is 1.22. The van der Waals surface area contributed by atoms with E-state index in [2.05, 4.69) is 51.4 Å². The Balaban J connectivity index is 1.46. The summed E-state index contributed by atoms with van der Waals surface area (Å²) in [4.78, 5) is 18.7. The summed E-state index contributed by atoms with van der Waals surface area (Å²) in [7, 11) is 0. The molecule has 1 aromatic carbocycles. The molecule has 7 heteroatoms. The highest BCUT2D eigenvalue weighted by Gasteiger charge is 2.20. The Bertz CT molecular complexity index is 758. The van der Waals surface area contributed by atoms with Crippen molar-refractivity contribution in [2.45, 2.75) is 46.3 Å². The molecular formula is C19H27N5O2. The maximum atomic E-state index is 12.1. The van der Waals surface area contributed by atoms with Crippen LogP contribution >= 0.6 is 0 Å². The van der Waals surface area contributed by atoms with Gasteiger partial charge in [-0.15, -0.1) is 0 Å². The van der Waals surface area contributed by atoms with Crippen molar-refractivity contribution in [3.8, 4) is 5.75 Å². The van der Waals surface area contributed by atoms with Gasteiger partial charge in [0.05, 0.1) is 0 Å². The van der Waals surface area contributed by atoms with E-state index >= 15 is 0 Å². The van der Waals surface area contributed by atoms with Crippen molar-refractivity contribution in [1.82, 2.24) is 25.4 Å². The van der Waals surface area contributed by atoms with E-state index in [-0.39, 0.29) is 12.0 Å². The number of carbonyl (C=O) groups is 1. The minimum absolute atomic E-state index is 0.0551. The first-order valence-electron chi connectivity index (χ1n) is 9.12. The van der Waals surface area contributed by atoms with Crippen molar-refractivity contribution in [3.63, 3.8) is 0 Å². The number of carbonyl (C=O) groups excluding carboxylic acids is 1. The zero-order valence-corrected chi connectivity index (χ0v) is 15.7. The lowest BCUT2D eigenvalue weighted by molar-refractivity contribution is -0.121. The molecule has 0 fully saturated rings. The second kappa shape index (κ2) is 8.31. The average Bonchev–Trinajstić information content (AvgIpc) is 2.92. The molecule has 1 atom stereocenters. The molecule has 1 amide bonds. The van der Waals surface area contributed by atoms with Crippen LogP contribution in [-0.2, 0) is 17.8 Å². The molecule has 1 aromatic heterocycles. The molecule has 0 aliphatic carbocycles. The van der Waals surface area contributed by atoms with Crippen LogP contribution in [0.3, 0.4) is 0 Å². The summed E-state index contributed by atoms with van der Waals surface area (Å²) in [5, 5.41) is 9.82. The maximum absolute atomic E-state index is 12.1. The largest absolute Gasteiger partial charge is 0.489 e. The summed E-state index contributed by atoms with van der Waals surface area (Å²) in [6, 6.07) is 6.28. The minimum atomic E-state index is 0.0551. The van der Waals surface area contributed by atoms with Crippen LogP contribution in [0.5, 0.6) is 5.75 Å². The van der Waals surface area contributed by atoms with Crippen molar-refractivity contribution in [3.05, 3.63) is 41.0 Å². The molecule has 2 heterocycles. The first-order chi connectivity index (χ1) is 12.5. The Morgan fingerprint density at radius 1 is 1.42 bits per heavy atom. The number of fused-ring (bicyclic) bond motifs is 1. The van der Waals surface area contributed by atoms with E-state index in [0.717, 1.165) is 30.5 Å². The highest BCUT2D eigenvalue weighted by molar-refractivity contribution is 5.76. The third-order valence-corrected chi connectivity index (χ3v) is 4.42. The molecule has 0 saturated heterocycles. The van der Waals surface area contributed by atoms with Gasteiger partial charge in [0.25, 0.3) is 0 Å². The van der Waals surface area contributed by atoms with E-state index in [1.807, 2.05) is 13.0 Å². The lowest BCUT2D eigenvalue weighted by Gasteiger charge is -2.21. The molecule has 1 aliphatic heterocycles. The van der Waals surface area contributed by atoms with E-state index in [9.17, 15) is 4.79 Å². The number of rotatable bonds is 6. The Morgan fingerprint density at radius 2 is 2.27 bits per heavy atom. The molecule has 2 N–H and O–H groups in total. The average molecular weight is 357 g/mol. The number of nitrogens with one attached hydrogen (secondary N) is 2. The number of amides is 1. The van der Waals surface area contributed by atoms with Gasteiger partial charge in [0, 0.05) is 44.6 Å². The number of aryl methyl sites for hydroxylation is 2. The fourth-order valence-electron chi connectivity index (χ4n) is 3.20. The monoisotopic (exact) mass is 357 g/mol. The first kappa shape index (κ1) is 18.4. The first-order valence-corrected chi connectivity index (χ1v) is 9.12. The van der Waals surface area contributed by atoms with Gasteiger partial charge in [0.15, 0.2) is 5.82 Å². The number of aromatic nitrogens is 3. The molecular weight excluding hydrogens is 330 g/mol. The smallest absolute Gasteiger partial charge is 0.221 e. The van der Waals surface area contributed by atoms with Gasteiger partial charge in [-0.05, 0) is 26.8 Å². The van der Waals surface area contributed by atoms with Gasteiger partial charge in [-0.2, -0.15) is 5.10 Å². The van der Waals surface area contributed by atoms with Crippen molar-refractivity contribution in [2.75, 3.05) is 19.6 Å². The van der Waals surface area contributed by atoms with Gasteiger partial charge in [0.2, 0.25) is 5.91 Å². The van der Waals surface area contributed by atoms with Crippen LogP contribution in [-0.4, -0.2) is 51.7 Å². The highest BCUT2D eigenvalue weighted by atomic mass is 16.5. The van der Waals surface area contributed by atoms with Crippen LogP contribution in [0.4, 0.5) is 0 Å². The summed E-state index contributed by atoms with van der Waals surface area (Å²) >= 11 is 0. The molecule has 3 rings (SSSR count). The quantitative estimate of drug-likeness (QED) is 0.823. The van der Waals surface area contributed by atoms with Crippen molar-refractivity contribution in [2.24, 2.45) is 0 Å². The topological polar surface area (TPSA) is 83.1 Å². The predicted molar refractivity (Wildman–Crippen MR) is 99.0 cm³/mol. The Morgan fingerprint density at radius 3 is 3.04 bits per heavy atom. The van der Waals surface area contributed by atoms with Gasteiger partial charge in [-0.25, -0.2) is 4.98 Å². The van der Waals surface area contributed by atoms with Crippen LogP contribution in [0.2, 0.25) is 0 Å². The summed E-state index contributed by atoms with van der Waals surface area (Å²) < 4.78 is 6.01. The Labute approximate surface area is 154 Å². The molecule has 7 nitrogen and oxygen atoms in total. The van der Waals surface area contributed by atoms with Crippen molar-refractivity contribution < 1.29 is 9.53 Å². The number of nitrogens with zero attached hydrogens (tertiary/aromatic N) is 3. The second-order valence-corrected chi connectivity index (χ2v) is 6.96. The molecule has 0 spiro atoms. The normalized spacial score (nSPS) is 17.3. The van der Waals surface area contributed by atoms with Crippen LogP contribution in [0, 0.1) is 13.8 Å². The van der Waals surface area contributed by atoms with E-state index in [1.54, 1.807) is 0 Å². The number of aromatic amines is 1. The molecule has 0 bridgehead atoms. The summed E-state index contributed by atoms with van der Waals surface area (Å²) in [5.41, 5.74) is 2.41. The molecule has 1 aliphatic rings. The fraction of sp³-hybridized carbons (Fsp3) is 0.526. The lowest BCUT2D eigenvalue weighted by atomic mass is 10.1. The number of hydrogen-bond acceptors (Lipinski definition) is 5. The molecule has 0 saturated carbocycles. The van der Waals surface area contributed by atoms with Crippen LogP contribution < -0.4 is 10.1 Å². The number of ether oxygens (including phenoxy) is 1. The third-order valence-electron chi connectivity index (χ3n) is 4.42. The highest BCUT2D eigenvalue weighted by Crippen LogP contribution is 2.26. The SMILES string of the molecule is Cc1ccc2c(c1)CN(CCC(=O)NCCc1n[nH]c(C)n1)CC(C)O2. The fourth-order valence-corrected chi connectivity index (χ4v) is 3.20. The van der Waals surface area contributed by atoms with Gasteiger partial charge < -0.3 is 10.1 Å². The molecule has 26 heavy (non-hydrogen) atoms. The molecule has 1 unspecified atom stereocenters. The van der Waals surface area contributed by atoms with Gasteiger partial charge >= 0.3 is 0 Å². The van der Waals surface area contributed by atoms with Crippen molar-refractivity contribution in [1.29, 1.82) is 0 Å². The molecule has 0 radical (unpaired) electrons. The number of H-pyrrole nitrogens is 1. The molecule has 140 valence electrons. The second-order valence-electron chi connectivity index (χ2n) is 6.96. The van der Waals surface area contributed by atoms with E-state index in [1.165, 1.54) is 11.1 Å². The maximum Gasteiger partial charge on any atom is 0.221 e. The van der Waals surface area contributed by atoms with E-state index in [4.69, 9.17) is 4.74 Å². The lowest BCUT2D eigenvalue weighted by Crippen LogP contribution is -2.35. The predicted octanol–water partition coefficient (Wildman–Crippen LogP) is 1.75. The van der Waals surface area contributed by atoms with Crippen LogP contribution in [0.25, 0.3) is 0 Å². The zero-order chi connectivity index (χ0) is 18.5. The minimum Gasteiger partial charge on any atom is -0.489 e. The summed E-state index contributed by atoms with van der Waals surface area (Å²) in [6.45, 7) is 8.91. The Kier molecular flexibility index (Phi) is 5.88. The standard InChI is InChI=1S/C19H27N5O2/c1-13-4-5-17-16(10-13)12-24(11-14(2)26-17)9-7-19(25)20-8-6-18-21-15(3)22-23-18/h4-5,10,14H,6-9,11-12H2,1-3H3,(H,20,25)(H,21,22,23). The molecule has 2 aromatic rings. The number of hydrogen-bond donors (Lipinski definition) is 2. The van der Waals surface area contributed by atoms with E-state index in [0.29, 0.717) is 25.9 Å². The van der Waals surface area contributed by atoms with Crippen LogP contribution in [0.1, 0.15) is 36.1 Å². The Hall–Kier alpha value is -2.41. The van der Waals surface area contributed by atoms with Crippen LogP contribution in [0.15, 0.2) is 18.2 Å². The van der Waals surface area contributed by atoms with Gasteiger partial charge in [-0.3, -0.25) is 14.8 Å². The third kappa shape index (κ3) is 5.05. The van der Waals surface area contributed by atoms with Gasteiger partial charge in [0.1, 0.15) is 17.7 Å². The van der Waals surface area contributed by atoms with Gasteiger partial charge in [-0.1, -0.05) is 17.7 Å². The summed E-state index contributed by atoms with van der Waals surface area (Å²) in [5.74, 6) is 2.53. The zero-order valence-electron chi connectivity index (χ0n) is 15.7.